The summed E-state index contributed by atoms with van der Waals surface area (Å²) in [5, 5.41) is 4.46. The molecule has 0 saturated carbocycles. The van der Waals surface area contributed by atoms with Crippen LogP contribution < -0.4 is 10.2 Å². The van der Waals surface area contributed by atoms with Crippen molar-refractivity contribution in [2.45, 2.75) is 13.5 Å². The van der Waals surface area contributed by atoms with Gasteiger partial charge in [0, 0.05) is 36.3 Å². The normalized spacial score (nSPS) is 13.6. The van der Waals surface area contributed by atoms with Gasteiger partial charge in [-0.3, -0.25) is 0 Å². The number of carbonyl (C=O) groups is 1. The van der Waals surface area contributed by atoms with E-state index in [0.29, 0.717) is 37.4 Å². The molecule has 1 saturated heterocycles. The van der Waals surface area contributed by atoms with Crippen LogP contribution in [0.1, 0.15) is 11.4 Å². The summed E-state index contributed by atoms with van der Waals surface area (Å²) in [7, 11) is 2.06. The first-order valence-electron chi connectivity index (χ1n) is 10.1. The van der Waals surface area contributed by atoms with Crippen LogP contribution in [0.15, 0.2) is 54.7 Å². The summed E-state index contributed by atoms with van der Waals surface area (Å²) in [6.45, 7) is 3.11. The van der Waals surface area contributed by atoms with Gasteiger partial charge in [-0.15, -0.1) is 0 Å². The first-order valence-corrected chi connectivity index (χ1v) is 10.1. The van der Waals surface area contributed by atoms with Crippen LogP contribution in [-0.2, 0) is 18.3 Å². The number of aryl methyl sites for hydroxylation is 2. The maximum atomic E-state index is 11.8. The van der Waals surface area contributed by atoms with Crippen molar-refractivity contribution in [3.8, 4) is 11.1 Å². The number of carbonyl (C=O) groups excluding carboxylic acids is 1. The van der Waals surface area contributed by atoms with E-state index in [-0.39, 0.29) is 0 Å². The smallest absolute Gasteiger partial charge is 0.416 e. The van der Waals surface area contributed by atoms with Crippen molar-refractivity contribution < 1.29 is 9.53 Å². The second-order valence-corrected chi connectivity index (χ2v) is 7.50. The molecule has 8 nitrogen and oxygen atoms in total. The molecule has 0 spiro atoms. The van der Waals surface area contributed by atoms with Gasteiger partial charge in [-0.05, 0) is 24.1 Å². The fourth-order valence-corrected chi connectivity index (χ4v) is 3.81. The molecule has 1 amide bonds. The minimum absolute atomic E-state index is 0.308. The van der Waals surface area contributed by atoms with Gasteiger partial charge in [-0.1, -0.05) is 42.5 Å². The Morgan fingerprint density at radius 1 is 1.10 bits per heavy atom. The molecule has 0 bridgehead atoms. The SMILES string of the molecule is Cc1nc(NCc2ccc3c(-c4ccccc4)cn(C)c3c2)nc(N2CCOC2=O)n1. The third kappa shape index (κ3) is 3.68. The van der Waals surface area contributed by atoms with Crippen LogP contribution in [0.25, 0.3) is 22.0 Å². The average Bonchev–Trinajstić information content (AvgIpc) is 3.35. The van der Waals surface area contributed by atoms with Gasteiger partial charge in [0.25, 0.3) is 0 Å². The Morgan fingerprint density at radius 2 is 1.94 bits per heavy atom. The van der Waals surface area contributed by atoms with Crippen molar-refractivity contribution in [2.24, 2.45) is 7.05 Å². The number of hydrogen-bond donors (Lipinski definition) is 1. The second-order valence-electron chi connectivity index (χ2n) is 7.50. The number of fused-ring (bicyclic) bond motifs is 1. The van der Waals surface area contributed by atoms with E-state index in [4.69, 9.17) is 4.74 Å². The molecular weight excluding hydrogens is 392 g/mol. The van der Waals surface area contributed by atoms with E-state index >= 15 is 0 Å². The average molecular weight is 414 g/mol. The highest BCUT2D eigenvalue weighted by Gasteiger charge is 2.26. The van der Waals surface area contributed by atoms with Gasteiger partial charge in [-0.25, -0.2) is 9.69 Å². The molecule has 31 heavy (non-hydrogen) atoms. The number of nitrogens with zero attached hydrogens (tertiary/aromatic N) is 5. The first kappa shape index (κ1) is 19.0. The molecule has 1 fully saturated rings. The lowest BCUT2D eigenvalue weighted by molar-refractivity contribution is 0.181. The van der Waals surface area contributed by atoms with Gasteiger partial charge in [0.05, 0.1) is 6.54 Å². The summed E-state index contributed by atoms with van der Waals surface area (Å²) >= 11 is 0. The Bertz CT molecular complexity index is 1270. The molecular formula is C23H22N6O2. The Labute approximate surface area is 179 Å². The fourth-order valence-electron chi connectivity index (χ4n) is 3.81. The number of anilines is 2. The molecule has 0 aliphatic carbocycles. The van der Waals surface area contributed by atoms with E-state index in [1.165, 1.54) is 21.4 Å². The maximum Gasteiger partial charge on any atom is 0.416 e. The Kier molecular flexibility index (Phi) is 4.74. The van der Waals surface area contributed by atoms with Crippen LogP contribution in [0, 0.1) is 6.92 Å². The van der Waals surface area contributed by atoms with Crippen molar-refractivity contribution >= 4 is 28.9 Å². The Morgan fingerprint density at radius 3 is 2.71 bits per heavy atom. The Hall–Kier alpha value is -3.94. The van der Waals surface area contributed by atoms with Crippen LogP contribution >= 0.6 is 0 Å². The number of cyclic esters (lactones) is 1. The molecule has 1 aliphatic heterocycles. The number of benzene rings is 2. The third-order valence-corrected chi connectivity index (χ3v) is 5.33. The van der Waals surface area contributed by atoms with Gasteiger partial charge in [0.2, 0.25) is 11.9 Å². The molecule has 8 heteroatoms. The zero-order chi connectivity index (χ0) is 21.4. The molecule has 2 aromatic heterocycles. The highest BCUT2D eigenvalue weighted by molar-refractivity contribution is 5.96. The van der Waals surface area contributed by atoms with E-state index in [0.717, 1.165) is 11.1 Å². The lowest BCUT2D eigenvalue weighted by Gasteiger charge is -2.12. The number of amides is 1. The lowest BCUT2D eigenvalue weighted by atomic mass is 10.0. The number of aromatic nitrogens is 4. The largest absolute Gasteiger partial charge is 0.447 e. The summed E-state index contributed by atoms with van der Waals surface area (Å²) in [6, 6.07) is 16.8. The summed E-state index contributed by atoms with van der Waals surface area (Å²) in [4.78, 5) is 26.2. The van der Waals surface area contributed by atoms with Crippen LogP contribution in [0.2, 0.25) is 0 Å². The molecule has 156 valence electrons. The van der Waals surface area contributed by atoms with Crippen molar-refractivity contribution in [3.05, 3.63) is 66.1 Å². The molecule has 1 N–H and O–H groups in total. The van der Waals surface area contributed by atoms with Crippen LogP contribution in [0.5, 0.6) is 0 Å². The minimum Gasteiger partial charge on any atom is -0.447 e. The number of ether oxygens (including phenoxy) is 1. The Balaban J connectivity index is 1.39. The maximum absolute atomic E-state index is 11.8. The van der Waals surface area contributed by atoms with Gasteiger partial charge in [-0.2, -0.15) is 15.0 Å². The fraction of sp³-hybridized carbons (Fsp3) is 0.217. The molecule has 0 radical (unpaired) electrons. The molecule has 2 aromatic carbocycles. The molecule has 5 rings (SSSR count). The van der Waals surface area contributed by atoms with Crippen LogP contribution in [0.3, 0.4) is 0 Å². The number of nitrogens with one attached hydrogen (secondary N) is 1. The topological polar surface area (TPSA) is 85.2 Å². The monoisotopic (exact) mass is 414 g/mol. The van der Waals surface area contributed by atoms with E-state index in [9.17, 15) is 4.79 Å². The molecule has 3 heterocycles. The van der Waals surface area contributed by atoms with E-state index in [1.807, 2.05) is 6.07 Å². The minimum atomic E-state index is -0.431. The van der Waals surface area contributed by atoms with Crippen LogP contribution in [-0.4, -0.2) is 38.8 Å². The van der Waals surface area contributed by atoms with Gasteiger partial charge < -0.3 is 14.6 Å². The summed E-state index contributed by atoms with van der Waals surface area (Å²) in [6.07, 6.45) is 1.73. The molecule has 1 aliphatic rings. The molecule has 4 aromatic rings. The highest BCUT2D eigenvalue weighted by atomic mass is 16.6. The summed E-state index contributed by atoms with van der Waals surface area (Å²) < 4.78 is 7.12. The van der Waals surface area contributed by atoms with Gasteiger partial charge >= 0.3 is 6.09 Å². The van der Waals surface area contributed by atoms with E-state index in [2.05, 4.69) is 80.5 Å². The van der Waals surface area contributed by atoms with Gasteiger partial charge in [0.15, 0.2) is 0 Å². The molecule has 0 atom stereocenters. The van der Waals surface area contributed by atoms with E-state index in [1.54, 1.807) is 6.92 Å². The second kappa shape index (κ2) is 7.71. The van der Waals surface area contributed by atoms with E-state index < -0.39 is 6.09 Å². The van der Waals surface area contributed by atoms with Crippen molar-refractivity contribution in [2.75, 3.05) is 23.4 Å². The van der Waals surface area contributed by atoms with Crippen molar-refractivity contribution in [1.29, 1.82) is 0 Å². The first-order chi connectivity index (χ1) is 15.1. The summed E-state index contributed by atoms with van der Waals surface area (Å²) in [5.41, 5.74) is 4.68. The predicted molar refractivity (Wildman–Crippen MR) is 119 cm³/mol. The third-order valence-electron chi connectivity index (χ3n) is 5.33. The standard InChI is InChI=1S/C23H22N6O2/c1-15-25-21(27-22(26-15)29-10-11-31-23(29)30)24-13-16-8-9-18-19(14-28(2)20(18)12-16)17-6-4-3-5-7-17/h3-9,12,14H,10-11,13H2,1-2H3,(H,24,25,26,27). The quantitative estimate of drug-likeness (QED) is 0.533. The van der Waals surface area contributed by atoms with Crippen LogP contribution in [0.4, 0.5) is 16.7 Å². The molecule has 0 unspecified atom stereocenters. The summed E-state index contributed by atoms with van der Waals surface area (Å²) in [5.74, 6) is 1.28. The predicted octanol–water partition coefficient (Wildman–Crippen LogP) is 3.91. The van der Waals surface area contributed by atoms with Crippen molar-refractivity contribution in [1.82, 2.24) is 19.5 Å². The van der Waals surface area contributed by atoms with Gasteiger partial charge in [0.1, 0.15) is 12.4 Å². The number of rotatable bonds is 5. The highest BCUT2D eigenvalue weighted by Crippen LogP contribution is 2.30. The van der Waals surface area contributed by atoms with Crippen molar-refractivity contribution in [3.63, 3.8) is 0 Å². The lowest BCUT2D eigenvalue weighted by Crippen LogP contribution is -2.26. The zero-order valence-electron chi connectivity index (χ0n) is 17.4. The number of hydrogen-bond acceptors (Lipinski definition) is 6. The zero-order valence-corrected chi connectivity index (χ0v) is 17.4.